The van der Waals surface area contributed by atoms with Crippen LogP contribution >= 0.6 is 11.6 Å². The molecule has 0 bridgehead atoms. The number of benzene rings is 2. The molecule has 0 saturated carbocycles. The van der Waals surface area contributed by atoms with Gasteiger partial charge in [-0.25, -0.2) is 4.39 Å². The van der Waals surface area contributed by atoms with E-state index in [0.29, 0.717) is 40.4 Å². The number of rotatable bonds is 6. The van der Waals surface area contributed by atoms with Gasteiger partial charge in [-0.2, -0.15) is 0 Å². The topological polar surface area (TPSA) is 48.1 Å². The normalized spacial score (nSPS) is 12.0. The Morgan fingerprint density at radius 3 is 2.63 bits per heavy atom. The van der Waals surface area contributed by atoms with Gasteiger partial charge < -0.3 is 10.5 Å². The smallest absolute Gasteiger partial charge is 0.138 e. The van der Waals surface area contributed by atoms with Gasteiger partial charge in [0, 0.05) is 35.8 Å². The predicted molar refractivity (Wildman–Crippen MR) is 108 cm³/mol. The molecule has 1 heterocycles. The number of nitrogens with zero attached hydrogens (tertiary/aromatic N) is 1. The molecule has 1 unspecified atom stereocenters. The lowest BCUT2D eigenvalue weighted by molar-refractivity contribution is 0.413. The van der Waals surface area contributed by atoms with E-state index in [-0.39, 0.29) is 11.7 Å². The van der Waals surface area contributed by atoms with Gasteiger partial charge in [0.05, 0.1) is 12.7 Å². The van der Waals surface area contributed by atoms with Gasteiger partial charge in [-0.05, 0) is 41.0 Å². The van der Waals surface area contributed by atoms with Crippen molar-refractivity contribution in [2.75, 3.05) is 13.7 Å². The molecule has 1 aromatic heterocycles. The molecule has 0 spiro atoms. The summed E-state index contributed by atoms with van der Waals surface area (Å²) in [5, 5.41) is 0.549. The van der Waals surface area contributed by atoms with E-state index < -0.39 is 0 Å². The lowest BCUT2D eigenvalue weighted by Gasteiger charge is -2.14. The van der Waals surface area contributed by atoms with Gasteiger partial charge in [0.1, 0.15) is 11.6 Å². The van der Waals surface area contributed by atoms with Crippen LogP contribution in [0.15, 0.2) is 54.7 Å². The lowest BCUT2D eigenvalue weighted by atomic mass is 9.97. The van der Waals surface area contributed by atoms with Crippen LogP contribution in [0, 0.1) is 5.82 Å². The molecule has 0 saturated heterocycles. The third kappa shape index (κ3) is 4.29. The summed E-state index contributed by atoms with van der Waals surface area (Å²) in [4.78, 5) is 4.46. The molecule has 0 aliphatic heterocycles. The Bertz CT molecular complexity index is 928. The van der Waals surface area contributed by atoms with E-state index in [1.807, 2.05) is 25.1 Å². The summed E-state index contributed by atoms with van der Waals surface area (Å²) in [5.74, 6) is 0.367. The largest absolute Gasteiger partial charge is 0.496 e. The highest BCUT2D eigenvalue weighted by Crippen LogP contribution is 2.36. The zero-order valence-electron chi connectivity index (χ0n) is 15.4. The summed E-state index contributed by atoms with van der Waals surface area (Å²) >= 11 is 6.08. The maximum Gasteiger partial charge on any atom is 0.138 e. The van der Waals surface area contributed by atoms with Crippen molar-refractivity contribution in [3.8, 4) is 16.9 Å². The number of halogens is 2. The second kappa shape index (κ2) is 8.51. The molecule has 5 heteroatoms. The summed E-state index contributed by atoms with van der Waals surface area (Å²) in [6.45, 7) is 2.57. The molecule has 140 valence electrons. The fourth-order valence-corrected chi connectivity index (χ4v) is 3.18. The third-order valence-corrected chi connectivity index (χ3v) is 4.85. The van der Waals surface area contributed by atoms with Gasteiger partial charge in [0.15, 0.2) is 0 Å². The zero-order chi connectivity index (χ0) is 19.4. The molecular formula is C22H22ClFN2O. The van der Waals surface area contributed by atoms with Crippen molar-refractivity contribution in [2.45, 2.75) is 19.3 Å². The van der Waals surface area contributed by atoms with Crippen LogP contribution in [0.1, 0.15) is 29.7 Å². The average Bonchev–Trinajstić information content (AvgIpc) is 2.69. The lowest BCUT2D eigenvalue weighted by Crippen LogP contribution is -2.10. The summed E-state index contributed by atoms with van der Waals surface area (Å²) in [7, 11) is 1.53. The van der Waals surface area contributed by atoms with Crippen molar-refractivity contribution in [3.63, 3.8) is 0 Å². The first-order chi connectivity index (χ1) is 13.0. The maximum absolute atomic E-state index is 15.3. The Hall–Kier alpha value is -2.43. The van der Waals surface area contributed by atoms with Crippen LogP contribution in [0.4, 0.5) is 4.39 Å². The second-order valence-electron chi connectivity index (χ2n) is 6.53. The van der Waals surface area contributed by atoms with Crippen molar-refractivity contribution in [1.82, 2.24) is 4.98 Å². The third-order valence-electron chi connectivity index (χ3n) is 4.62. The summed E-state index contributed by atoms with van der Waals surface area (Å²) in [6.07, 6.45) is 2.22. The van der Waals surface area contributed by atoms with Crippen molar-refractivity contribution >= 4 is 11.6 Å². The van der Waals surface area contributed by atoms with Crippen molar-refractivity contribution in [1.29, 1.82) is 0 Å². The number of aromatic nitrogens is 1. The van der Waals surface area contributed by atoms with E-state index in [1.165, 1.54) is 7.11 Å². The molecule has 3 aromatic rings. The van der Waals surface area contributed by atoms with Gasteiger partial charge in [-0.1, -0.05) is 42.8 Å². The average molecular weight is 385 g/mol. The van der Waals surface area contributed by atoms with Crippen LogP contribution in [-0.2, 0) is 6.42 Å². The fourth-order valence-electron chi connectivity index (χ4n) is 2.99. The van der Waals surface area contributed by atoms with Crippen molar-refractivity contribution in [3.05, 3.63) is 82.4 Å². The minimum Gasteiger partial charge on any atom is -0.496 e. The van der Waals surface area contributed by atoms with E-state index in [4.69, 9.17) is 22.1 Å². The number of hydrogen-bond acceptors (Lipinski definition) is 3. The van der Waals surface area contributed by atoms with Gasteiger partial charge in [0.25, 0.3) is 0 Å². The van der Waals surface area contributed by atoms with E-state index >= 15 is 4.39 Å². The molecule has 2 N–H and O–H groups in total. The highest BCUT2D eigenvalue weighted by Gasteiger charge is 2.17. The summed E-state index contributed by atoms with van der Waals surface area (Å²) in [5.41, 5.74) is 9.24. The molecule has 0 fully saturated rings. The van der Waals surface area contributed by atoms with Gasteiger partial charge in [-0.15, -0.1) is 0 Å². The molecular weight excluding hydrogens is 363 g/mol. The number of nitrogens with two attached hydrogens (primary N) is 1. The standard InChI is InChI=1S/C22H22ClFN2O/c1-14(12-25)19-8-6-15(13-26-19)10-17-7-9-20(27-2)21(22(17)24)16-4-3-5-18(23)11-16/h3-9,11,13-14H,10,12,25H2,1-2H3. The minimum absolute atomic E-state index is 0.200. The predicted octanol–water partition coefficient (Wildman–Crippen LogP) is 5.20. The van der Waals surface area contributed by atoms with Crippen LogP contribution in [0.3, 0.4) is 0 Å². The van der Waals surface area contributed by atoms with Crippen LogP contribution in [-0.4, -0.2) is 18.6 Å². The summed E-state index contributed by atoms with van der Waals surface area (Å²) in [6, 6.07) is 14.6. The van der Waals surface area contributed by atoms with Crippen LogP contribution < -0.4 is 10.5 Å². The molecule has 2 aromatic carbocycles. The van der Waals surface area contributed by atoms with E-state index in [2.05, 4.69) is 4.98 Å². The SMILES string of the molecule is COc1ccc(Cc2ccc(C(C)CN)nc2)c(F)c1-c1cccc(Cl)c1. The fraction of sp³-hybridized carbons (Fsp3) is 0.227. The molecule has 1 atom stereocenters. The first-order valence-electron chi connectivity index (χ1n) is 8.79. The minimum atomic E-state index is -0.309. The first kappa shape index (κ1) is 19.3. The molecule has 3 rings (SSSR count). The number of pyridine rings is 1. The van der Waals surface area contributed by atoms with Crippen LogP contribution in [0.5, 0.6) is 5.75 Å². The first-order valence-corrected chi connectivity index (χ1v) is 9.17. The second-order valence-corrected chi connectivity index (χ2v) is 6.97. The number of ether oxygens (including phenoxy) is 1. The number of hydrogen-bond donors (Lipinski definition) is 1. The van der Waals surface area contributed by atoms with Crippen LogP contribution in [0.2, 0.25) is 5.02 Å². The Balaban J connectivity index is 1.96. The Labute approximate surface area is 164 Å². The van der Waals surface area contributed by atoms with Crippen molar-refractivity contribution in [2.24, 2.45) is 5.73 Å². The number of methoxy groups -OCH3 is 1. The van der Waals surface area contributed by atoms with E-state index in [0.717, 1.165) is 11.3 Å². The Morgan fingerprint density at radius 2 is 2.00 bits per heavy atom. The zero-order valence-corrected chi connectivity index (χ0v) is 16.1. The highest BCUT2D eigenvalue weighted by atomic mass is 35.5. The van der Waals surface area contributed by atoms with E-state index in [9.17, 15) is 0 Å². The van der Waals surface area contributed by atoms with Gasteiger partial charge in [-0.3, -0.25) is 4.98 Å². The quantitative estimate of drug-likeness (QED) is 0.635. The molecule has 0 aliphatic rings. The Morgan fingerprint density at radius 1 is 1.19 bits per heavy atom. The van der Waals surface area contributed by atoms with Gasteiger partial charge in [0.2, 0.25) is 0 Å². The maximum atomic E-state index is 15.3. The van der Waals surface area contributed by atoms with E-state index in [1.54, 1.807) is 36.5 Å². The molecule has 27 heavy (non-hydrogen) atoms. The molecule has 0 aliphatic carbocycles. The molecule has 3 nitrogen and oxygen atoms in total. The van der Waals surface area contributed by atoms with Crippen molar-refractivity contribution < 1.29 is 9.13 Å². The highest BCUT2D eigenvalue weighted by molar-refractivity contribution is 6.30. The van der Waals surface area contributed by atoms with Crippen LogP contribution in [0.25, 0.3) is 11.1 Å². The molecule has 0 amide bonds. The summed E-state index contributed by atoms with van der Waals surface area (Å²) < 4.78 is 20.7. The monoisotopic (exact) mass is 384 g/mol. The van der Waals surface area contributed by atoms with Gasteiger partial charge >= 0.3 is 0 Å². The Kier molecular flexibility index (Phi) is 6.09. The molecule has 0 radical (unpaired) electrons.